The van der Waals surface area contributed by atoms with E-state index in [-0.39, 0.29) is 0 Å². The Morgan fingerprint density at radius 3 is 2.80 bits per heavy atom. The number of anilines is 1. The lowest BCUT2D eigenvalue weighted by molar-refractivity contribution is 0.574. The van der Waals surface area contributed by atoms with Crippen LogP contribution in [0.2, 0.25) is 0 Å². The summed E-state index contributed by atoms with van der Waals surface area (Å²) in [4.78, 5) is 0. The first-order valence-corrected chi connectivity index (χ1v) is 7.55. The Kier molecular flexibility index (Phi) is 5.31. The predicted octanol–water partition coefficient (Wildman–Crippen LogP) is 2.03. The highest BCUT2D eigenvalue weighted by Crippen LogP contribution is 2.20. The summed E-state index contributed by atoms with van der Waals surface area (Å²) in [5, 5.41) is 24.6. The molecule has 20 heavy (non-hydrogen) atoms. The maximum Gasteiger partial charge on any atom is 0.166 e. The number of aryl methyl sites for hydroxylation is 1. The van der Waals surface area contributed by atoms with Gasteiger partial charge < -0.3 is 10.6 Å². The van der Waals surface area contributed by atoms with Gasteiger partial charge in [-0.1, -0.05) is 13.8 Å². The topological polar surface area (TPSA) is 73.6 Å². The van der Waals surface area contributed by atoms with E-state index in [1.165, 1.54) is 12.8 Å². The van der Waals surface area contributed by atoms with E-state index in [1.807, 2.05) is 6.92 Å². The van der Waals surface area contributed by atoms with Crippen LogP contribution in [0.15, 0.2) is 0 Å². The van der Waals surface area contributed by atoms with Crippen LogP contribution in [0.3, 0.4) is 0 Å². The van der Waals surface area contributed by atoms with Crippen molar-refractivity contribution in [1.29, 1.82) is 5.26 Å². The summed E-state index contributed by atoms with van der Waals surface area (Å²) in [6.07, 6.45) is 5.20. The summed E-state index contributed by atoms with van der Waals surface area (Å²) in [6, 6.07) is 2.89. The molecule has 0 spiro atoms. The molecule has 0 bridgehead atoms. The number of aromatic nitrogens is 2. The highest BCUT2D eigenvalue weighted by Gasteiger charge is 2.16. The predicted molar refractivity (Wildman–Crippen MR) is 79.6 cm³/mol. The highest BCUT2D eigenvalue weighted by atomic mass is 15.2. The molecule has 1 aliphatic heterocycles. The van der Waals surface area contributed by atoms with Gasteiger partial charge in [-0.05, 0) is 44.2 Å². The van der Waals surface area contributed by atoms with E-state index in [2.05, 4.69) is 33.8 Å². The first-order chi connectivity index (χ1) is 9.80. The van der Waals surface area contributed by atoms with Crippen molar-refractivity contribution >= 4 is 5.82 Å². The SMILES string of the molecule is CCc1nnc(NCCC2CCCN2)c(C#N)c1CC. The minimum atomic E-state index is 0.599. The lowest BCUT2D eigenvalue weighted by Crippen LogP contribution is -2.24. The zero-order valence-corrected chi connectivity index (χ0v) is 12.4. The molecule has 1 unspecified atom stereocenters. The van der Waals surface area contributed by atoms with Gasteiger partial charge in [0, 0.05) is 12.6 Å². The van der Waals surface area contributed by atoms with Gasteiger partial charge in [-0.25, -0.2) is 0 Å². The van der Waals surface area contributed by atoms with Crippen molar-refractivity contribution < 1.29 is 0 Å². The Labute approximate surface area is 120 Å². The standard InChI is InChI=1S/C15H23N5/c1-3-12-13(10-16)15(20-19-14(12)4-2)18-9-7-11-6-5-8-17-11/h11,17H,3-9H2,1-2H3,(H,18,20). The molecular formula is C15H23N5. The normalized spacial score (nSPS) is 17.9. The molecule has 5 nitrogen and oxygen atoms in total. The molecule has 2 N–H and O–H groups in total. The van der Waals surface area contributed by atoms with E-state index in [1.54, 1.807) is 0 Å². The third-order valence-electron chi connectivity index (χ3n) is 3.91. The summed E-state index contributed by atoms with van der Waals surface area (Å²) in [7, 11) is 0. The van der Waals surface area contributed by atoms with E-state index in [0.717, 1.165) is 43.6 Å². The monoisotopic (exact) mass is 273 g/mol. The Morgan fingerprint density at radius 1 is 1.35 bits per heavy atom. The number of rotatable bonds is 6. The Balaban J connectivity index is 2.05. The first-order valence-electron chi connectivity index (χ1n) is 7.55. The van der Waals surface area contributed by atoms with Crippen molar-refractivity contribution in [2.24, 2.45) is 0 Å². The van der Waals surface area contributed by atoms with Crippen LogP contribution < -0.4 is 10.6 Å². The molecule has 1 aromatic rings. The smallest absolute Gasteiger partial charge is 0.166 e. The fourth-order valence-electron chi connectivity index (χ4n) is 2.78. The minimum Gasteiger partial charge on any atom is -0.367 e. The van der Waals surface area contributed by atoms with Crippen LogP contribution in [-0.2, 0) is 12.8 Å². The maximum absolute atomic E-state index is 9.39. The second-order valence-electron chi connectivity index (χ2n) is 5.18. The molecule has 108 valence electrons. The molecule has 0 saturated carbocycles. The van der Waals surface area contributed by atoms with Crippen LogP contribution in [0.4, 0.5) is 5.82 Å². The molecule has 1 aromatic heterocycles. The van der Waals surface area contributed by atoms with Gasteiger partial charge in [0.2, 0.25) is 0 Å². The van der Waals surface area contributed by atoms with Crippen LogP contribution in [0.5, 0.6) is 0 Å². The molecule has 1 saturated heterocycles. The molecule has 0 aliphatic carbocycles. The van der Waals surface area contributed by atoms with E-state index in [9.17, 15) is 5.26 Å². The van der Waals surface area contributed by atoms with Gasteiger partial charge in [0.05, 0.1) is 5.69 Å². The zero-order chi connectivity index (χ0) is 14.4. The molecule has 2 heterocycles. The summed E-state index contributed by atoms with van der Waals surface area (Å²) < 4.78 is 0. The van der Waals surface area contributed by atoms with Crippen LogP contribution in [0, 0.1) is 11.3 Å². The van der Waals surface area contributed by atoms with Crippen molar-refractivity contribution in [2.45, 2.75) is 52.0 Å². The van der Waals surface area contributed by atoms with E-state index < -0.39 is 0 Å². The van der Waals surface area contributed by atoms with Crippen molar-refractivity contribution in [2.75, 3.05) is 18.4 Å². The number of nitriles is 1. The van der Waals surface area contributed by atoms with Gasteiger partial charge in [0.1, 0.15) is 11.6 Å². The largest absolute Gasteiger partial charge is 0.367 e. The molecule has 5 heteroatoms. The second kappa shape index (κ2) is 7.20. The average molecular weight is 273 g/mol. The summed E-state index contributed by atoms with van der Waals surface area (Å²) in [6.45, 7) is 6.06. The minimum absolute atomic E-state index is 0.599. The molecule has 0 radical (unpaired) electrons. The molecule has 0 amide bonds. The van der Waals surface area contributed by atoms with Crippen molar-refractivity contribution in [3.63, 3.8) is 0 Å². The molecular weight excluding hydrogens is 250 g/mol. The highest BCUT2D eigenvalue weighted by molar-refractivity contribution is 5.56. The van der Waals surface area contributed by atoms with Crippen molar-refractivity contribution in [3.8, 4) is 6.07 Å². The number of nitrogens with one attached hydrogen (secondary N) is 2. The van der Waals surface area contributed by atoms with E-state index in [4.69, 9.17) is 0 Å². The third kappa shape index (κ3) is 3.26. The van der Waals surface area contributed by atoms with Gasteiger partial charge in [-0.2, -0.15) is 10.4 Å². The molecule has 0 aromatic carbocycles. The van der Waals surface area contributed by atoms with E-state index in [0.29, 0.717) is 17.4 Å². The van der Waals surface area contributed by atoms with E-state index >= 15 is 0 Å². The second-order valence-corrected chi connectivity index (χ2v) is 5.18. The average Bonchev–Trinajstić information content (AvgIpc) is 2.99. The summed E-state index contributed by atoms with van der Waals surface area (Å²) in [5.41, 5.74) is 2.64. The fourth-order valence-corrected chi connectivity index (χ4v) is 2.78. The molecule has 1 aliphatic rings. The van der Waals surface area contributed by atoms with Gasteiger partial charge in [-0.3, -0.25) is 0 Å². The molecule has 2 rings (SSSR count). The van der Waals surface area contributed by atoms with Crippen LogP contribution in [-0.4, -0.2) is 29.3 Å². The number of hydrogen-bond acceptors (Lipinski definition) is 5. The first kappa shape index (κ1) is 14.7. The number of hydrogen-bond donors (Lipinski definition) is 2. The van der Waals surface area contributed by atoms with Crippen LogP contribution in [0.1, 0.15) is 49.9 Å². The Bertz CT molecular complexity index is 486. The lowest BCUT2D eigenvalue weighted by atomic mass is 10.0. The fraction of sp³-hybridized carbons (Fsp3) is 0.667. The van der Waals surface area contributed by atoms with Gasteiger partial charge in [0.25, 0.3) is 0 Å². The van der Waals surface area contributed by atoms with Gasteiger partial charge in [-0.15, -0.1) is 5.10 Å². The van der Waals surface area contributed by atoms with Gasteiger partial charge >= 0.3 is 0 Å². The van der Waals surface area contributed by atoms with Crippen LogP contribution >= 0.6 is 0 Å². The quantitative estimate of drug-likeness (QED) is 0.829. The molecule has 1 fully saturated rings. The maximum atomic E-state index is 9.39. The number of nitrogens with zero attached hydrogens (tertiary/aromatic N) is 3. The Morgan fingerprint density at radius 2 is 2.20 bits per heavy atom. The Hall–Kier alpha value is -1.67. The van der Waals surface area contributed by atoms with Crippen molar-refractivity contribution in [1.82, 2.24) is 15.5 Å². The van der Waals surface area contributed by atoms with Crippen molar-refractivity contribution in [3.05, 3.63) is 16.8 Å². The van der Waals surface area contributed by atoms with Gasteiger partial charge in [0.15, 0.2) is 5.82 Å². The summed E-state index contributed by atoms with van der Waals surface area (Å²) >= 11 is 0. The molecule has 1 atom stereocenters. The van der Waals surface area contributed by atoms with Crippen LogP contribution in [0.25, 0.3) is 0 Å². The lowest BCUT2D eigenvalue weighted by Gasteiger charge is -2.14. The summed E-state index contributed by atoms with van der Waals surface area (Å²) in [5.74, 6) is 0.638. The third-order valence-corrected chi connectivity index (χ3v) is 3.91. The zero-order valence-electron chi connectivity index (χ0n) is 12.4.